The Morgan fingerprint density at radius 3 is 2.33 bits per heavy atom. The summed E-state index contributed by atoms with van der Waals surface area (Å²) in [7, 11) is 0. The molecule has 0 bridgehead atoms. The van der Waals surface area contributed by atoms with Gasteiger partial charge in [0.15, 0.2) is 11.5 Å². The van der Waals surface area contributed by atoms with Crippen molar-refractivity contribution in [3.8, 4) is 11.5 Å². The third-order valence-corrected chi connectivity index (χ3v) is 3.92. The summed E-state index contributed by atoms with van der Waals surface area (Å²) >= 11 is 0. The highest BCUT2D eigenvalue weighted by molar-refractivity contribution is 5.51. The lowest BCUT2D eigenvalue weighted by molar-refractivity contribution is 0.170. The fourth-order valence-corrected chi connectivity index (χ4v) is 2.93. The predicted molar refractivity (Wildman–Crippen MR) is 71.4 cm³/mol. The molecule has 98 valence electrons. The van der Waals surface area contributed by atoms with E-state index >= 15 is 0 Å². The van der Waals surface area contributed by atoms with Gasteiger partial charge in [-0.05, 0) is 35.1 Å². The van der Waals surface area contributed by atoms with Crippen LogP contribution < -0.4 is 14.8 Å². The topological polar surface area (TPSA) is 30.5 Å². The molecule has 0 saturated heterocycles. The molecule has 0 aliphatic carbocycles. The highest BCUT2D eigenvalue weighted by atomic mass is 16.6. The molecule has 1 aromatic rings. The molecule has 2 aliphatic heterocycles. The van der Waals surface area contributed by atoms with E-state index in [-0.39, 0.29) is 0 Å². The molecule has 18 heavy (non-hydrogen) atoms. The molecule has 2 aliphatic rings. The van der Waals surface area contributed by atoms with Crippen molar-refractivity contribution in [2.45, 2.75) is 32.7 Å². The summed E-state index contributed by atoms with van der Waals surface area (Å²) in [6, 6.07) is 4.79. The summed E-state index contributed by atoms with van der Waals surface area (Å²) in [6.45, 7) is 9.13. The normalized spacial score (nSPS) is 26.0. The molecule has 0 saturated carbocycles. The van der Waals surface area contributed by atoms with Crippen molar-refractivity contribution in [1.82, 2.24) is 5.32 Å². The van der Waals surface area contributed by atoms with Crippen LogP contribution >= 0.6 is 0 Å². The van der Waals surface area contributed by atoms with Crippen molar-refractivity contribution in [2.24, 2.45) is 5.92 Å². The summed E-state index contributed by atoms with van der Waals surface area (Å²) in [5.74, 6) is 2.93. The number of rotatable bonds is 1. The molecular formula is C15H21NO2. The van der Waals surface area contributed by atoms with Gasteiger partial charge in [0.05, 0.1) is 0 Å². The second-order valence-corrected chi connectivity index (χ2v) is 5.66. The number of hydrogen-bond donors (Lipinski definition) is 1. The molecule has 2 heterocycles. The maximum atomic E-state index is 5.70. The van der Waals surface area contributed by atoms with Crippen LogP contribution in [-0.2, 0) is 0 Å². The predicted octanol–water partition coefficient (Wildman–Crippen LogP) is 2.86. The van der Waals surface area contributed by atoms with Gasteiger partial charge in [0.1, 0.15) is 13.2 Å². The third kappa shape index (κ3) is 1.87. The van der Waals surface area contributed by atoms with Crippen LogP contribution in [0.4, 0.5) is 0 Å². The Morgan fingerprint density at radius 1 is 1.11 bits per heavy atom. The first-order valence-corrected chi connectivity index (χ1v) is 6.83. The summed E-state index contributed by atoms with van der Waals surface area (Å²) in [5.41, 5.74) is 2.80. The van der Waals surface area contributed by atoms with Gasteiger partial charge in [-0.25, -0.2) is 0 Å². The summed E-state index contributed by atoms with van der Waals surface area (Å²) in [5, 5.41) is 3.63. The van der Waals surface area contributed by atoms with E-state index in [9.17, 15) is 0 Å². The van der Waals surface area contributed by atoms with Gasteiger partial charge in [0, 0.05) is 12.6 Å². The Hall–Kier alpha value is -1.22. The van der Waals surface area contributed by atoms with Crippen LogP contribution in [0.3, 0.4) is 0 Å². The van der Waals surface area contributed by atoms with Gasteiger partial charge < -0.3 is 14.8 Å². The lowest BCUT2D eigenvalue weighted by atomic mass is 9.83. The van der Waals surface area contributed by atoms with Gasteiger partial charge >= 0.3 is 0 Å². The lowest BCUT2D eigenvalue weighted by Crippen LogP contribution is -2.35. The van der Waals surface area contributed by atoms with Crippen molar-refractivity contribution in [3.05, 3.63) is 23.3 Å². The van der Waals surface area contributed by atoms with Gasteiger partial charge in [0.25, 0.3) is 0 Å². The number of benzene rings is 1. The average Bonchev–Trinajstić information content (AvgIpc) is 2.37. The van der Waals surface area contributed by atoms with E-state index in [1.54, 1.807) is 0 Å². The highest BCUT2D eigenvalue weighted by Gasteiger charge is 2.29. The second kappa shape index (κ2) is 4.47. The van der Waals surface area contributed by atoms with Gasteiger partial charge in [-0.1, -0.05) is 20.8 Å². The van der Waals surface area contributed by atoms with E-state index in [1.807, 2.05) is 0 Å². The number of hydrogen-bond acceptors (Lipinski definition) is 3. The fraction of sp³-hybridized carbons (Fsp3) is 0.600. The van der Waals surface area contributed by atoms with Crippen LogP contribution in [0.2, 0.25) is 0 Å². The van der Waals surface area contributed by atoms with Gasteiger partial charge in [-0.2, -0.15) is 0 Å². The Bertz CT molecular complexity index is 456. The van der Waals surface area contributed by atoms with Crippen LogP contribution in [0.5, 0.6) is 11.5 Å². The maximum Gasteiger partial charge on any atom is 0.161 e. The van der Waals surface area contributed by atoms with Crippen molar-refractivity contribution < 1.29 is 9.47 Å². The quantitative estimate of drug-likeness (QED) is 0.827. The van der Waals surface area contributed by atoms with Gasteiger partial charge in [-0.15, -0.1) is 0 Å². The van der Waals surface area contributed by atoms with Crippen LogP contribution in [0.15, 0.2) is 12.1 Å². The Labute approximate surface area is 108 Å². The number of nitrogens with one attached hydrogen (secondary N) is 1. The molecule has 0 radical (unpaired) electrons. The van der Waals surface area contributed by atoms with E-state index in [0.29, 0.717) is 31.1 Å². The maximum absolute atomic E-state index is 5.70. The molecule has 0 amide bonds. The van der Waals surface area contributed by atoms with Crippen LogP contribution in [-0.4, -0.2) is 19.8 Å². The van der Waals surface area contributed by atoms with Gasteiger partial charge in [-0.3, -0.25) is 0 Å². The minimum Gasteiger partial charge on any atom is -0.486 e. The molecule has 3 nitrogen and oxygen atoms in total. The highest BCUT2D eigenvalue weighted by Crippen LogP contribution is 2.41. The first-order valence-electron chi connectivity index (χ1n) is 6.83. The fourth-order valence-electron chi connectivity index (χ4n) is 2.93. The largest absolute Gasteiger partial charge is 0.486 e. The molecule has 3 rings (SSSR count). The summed E-state index contributed by atoms with van der Waals surface area (Å²) < 4.78 is 11.4. The first kappa shape index (κ1) is 11.8. The third-order valence-electron chi connectivity index (χ3n) is 3.92. The molecule has 1 N–H and O–H groups in total. The molecule has 0 spiro atoms. The Morgan fingerprint density at radius 2 is 1.72 bits per heavy atom. The first-order chi connectivity index (χ1) is 8.66. The average molecular weight is 247 g/mol. The lowest BCUT2D eigenvalue weighted by Gasteiger charge is -2.35. The van der Waals surface area contributed by atoms with Crippen molar-refractivity contribution in [3.63, 3.8) is 0 Å². The molecule has 3 heteroatoms. The monoisotopic (exact) mass is 247 g/mol. The van der Waals surface area contributed by atoms with Gasteiger partial charge in [0.2, 0.25) is 0 Å². The number of fused-ring (bicyclic) bond motifs is 2. The van der Waals surface area contributed by atoms with Crippen LogP contribution in [0.1, 0.15) is 43.9 Å². The summed E-state index contributed by atoms with van der Waals surface area (Å²) in [4.78, 5) is 0. The van der Waals surface area contributed by atoms with E-state index in [0.717, 1.165) is 18.0 Å². The standard InChI is InChI=1S/C15H21NO2/c1-9(2)15-12-7-14-13(17-4-5-18-14)6-11(12)10(3)8-16-15/h6-7,9-10,15-16H,4-5,8H2,1-3H3. The number of ether oxygens (including phenoxy) is 2. The van der Waals surface area contributed by atoms with E-state index in [1.165, 1.54) is 11.1 Å². The molecule has 0 aromatic heterocycles. The van der Waals surface area contributed by atoms with E-state index < -0.39 is 0 Å². The molecule has 0 fully saturated rings. The van der Waals surface area contributed by atoms with Crippen molar-refractivity contribution in [1.29, 1.82) is 0 Å². The zero-order valence-corrected chi connectivity index (χ0v) is 11.3. The SMILES string of the molecule is CC1CNC(C(C)C)c2cc3c(cc21)OCCO3. The minimum atomic E-state index is 0.423. The van der Waals surface area contributed by atoms with E-state index in [4.69, 9.17) is 9.47 Å². The van der Waals surface area contributed by atoms with Crippen LogP contribution in [0, 0.1) is 5.92 Å². The minimum absolute atomic E-state index is 0.423. The molecule has 1 aromatic carbocycles. The Balaban J connectivity index is 2.08. The molecule has 2 unspecified atom stereocenters. The zero-order chi connectivity index (χ0) is 12.7. The Kier molecular flexibility index (Phi) is 2.94. The van der Waals surface area contributed by atoms with Crippen molar-refractivity contribution >= 4 is 0 Å². The van der Waals surface area contributed by atoms with Crippen LogP contribution in [0.25, 0.3) is 0 Å². The molecular weight excluding hydrogens is 226 g/mol. The second-order valence-electron chi connectivity index (χ2n) is 5.66. The zero-order valence-electron chi connectivity index (χ0n) is 11.3. The molecule has 2 atom stereocenters. The summed E-state index contributed by atoms with van der Waals surface area (Å²) in [6.07, 6.45) is 0. The van der Waals surface area contributed by atoms with Crippen molar-refractivity contribution in [2.75, 3.05) is 19.8 Å². The van der Waals surface area contributed by atoms with E-state index in [2.05, 4.69) is 38.2 Å². The smallest absolute Gasteiger partial charge is 0.161 e.